The van der Waals surface area contributed by atoms with Crippen LogP contribution < -0.4 is 5.32 Å². The maximum absolute atomic E-state index is 12.7. The summed E-state index contributed by atoms with van der Waals surface area (Å²) in [6, 6.07) is 0.512. The normalized spacial score (nSPS) is 26.4. The molecule has 0 aromatic heterocycles. The summed E-state index contributed by atoms with van der Waals surface area (Å²) in [6.45, 7) is 10.4. The van der Waals surface area contributed by atoms with Crippen LogP contribution in [0.15, 0.2) is 4.99 Å². The van der Waals surface area contributed by atoms with Gasteiger partial charge in [-0.1, -0.05) is 12.8 Å². The van der Waals surface area contributed by atoms with Gasteiger partial charge in [0.05, 0.1) is 6.54 Å². The van der Waals surface area contributed by atoms with Crippen molar-refractivity contribution in [2.75, 3.05) is 93.1 Å². The lowest BCUT2D eigenvalue weighted by atomic mass is 10.2. The van der Waals surface area contributed by atoms with Crippen molar-refractivity contribution in [2.45, 2.75) is 31.7 Å². The van der Waals surface area contributed by atoms with Crippen LogP contribution in [0.5, 0.6) is 0 Å². The molecule has 0 aromatic rings. The van der Waals surface area contributed by atoms with Crippen molar-refractivity contribution in [1.82, 2.24) is 29.8 Å². The number of nitrogens with one attached hydrogen (secondary N) is 1. The van der Waals surface area contributed by atoms with Crippen molar-refractivity contribution in [3.8, 4) is 0 Å². The molecule has 1 unspecified atom stereocenters. The second kappa shape index (κ2) is 11.1. The number of piperazine rings is 2. The van der Waals surface area contributed by atoms with E-state index in [1.165, 1.54) is 12.8 Å². The van der Waals surface area contributed by atoms with Gasteiger partial charge in [0.15, 0.2) is 5.96 Å². The molecule has 1 atom stereocenters. The molecule has 3 heterocycles. The van der Waals surface area contributed by atoms with Crippen molar-refractivity contribution in [3.63, 3.8) is 0 Å². The van der Waals surface area contributed by atoms with Crippen molar-refractivity contribution < 1.29 is 4.79 Å². The standard InChI is InChI=1S/C21H41N7O/c1-22-21(23-16-19-17-24(2)10-11-25(19)3)28-14-12-26(13-15-28)18-20(29)27-8-6-4-5-7-9-27/h19H,4-18H2,1-3H3,(H,22,23). The van der Waals surface area contributed by atoms with Gasteiger partial charge in [0, 0.05) is 78.5 Å². The van der Waals surface area contributed by atoms with E-state index in [0.717, 1.165) is 84.2 Å². The first-order valence-electron chi connectivity index (χ1n) is 11.4. The molecule has 0 aromatic carbocycles. The number of rotatable bonds is 4. The van der Waals surface area contributed by atoms with Crippen molar-refractivity contribution in [2.24, 2.45) is 4.99 Å². The van der Waals surface area contributed by atoms with Crippen LogP contribution in [0, 0.1) is 0 Å². The number of likely N-dealkylation sites (N-methyl/N-ethyl adjacent to an activating group) is 2. The zero-order chi connectivity index (χ0) is 20.6. The lowest BCUT2D eigenvalue weighted by Gasteiger charge is -2.40. The van der Waals surface area contributed by atoms with Gasteiger partial charge in [0.1, 0.15) is 0 Å². The van der Waals surface area contributed by atoms with Crippen LogP contribution >= 0.6 is 0 Å². The molecule has 166 valence electrons. The van der Waals surface area contributed by atoms with Crippen LogP contribution in [0.4, 0.5) is 0 Å². The predicted octanol–water partition coefficient (Wildman–Crippen LogP) is -0.172. The van der Waals surface area contributed by atoms with E-state index in [0.29, 0.717) is 18.5 Å². The number of carbonyl (C=O) groups excluding carboxylic acids is 1. The Labute approximate surface area is 176 Å². The van der Waals surface area contributed by atoms with Gasteiger partial charge in [-0.3, -0.25) is 19.6 Å². The molecular formula is C21H41N7O. The first kappa shape index (κ1) is 22.3. The number of carbonyl (C=O) groups is 1. The van der Waals surface area contributed by atoms with E-state index >= 15 is 0 Å². The van der Waals surface area contributed by atoms with Gasteiger partial charge in [-0.2, -0.15) is 0 Å². The average Bonchev–Trinajstić information content (AvgIpc) is 3.01. The molecule has 0 saturated carbocycles. The second-order valence-corrected chi connectivity index (χ2v) is 8.88. The molecule has 0 radical (unpaired) electrons. The molecule has 3 saturated heterocycles. The molecule has 29 heavy (non-hydrogen) atoms. The van der Waals surface area contributed by atoms with E-state index in [1.54, 1.807) is 0 Å². The zero-order valence-electron chi connectivity index (χ0n) is 18.8. The number of aliphatic imine (C=N–C) groups is 1. The fourth-order valence-corrected chi connectivity index (χ4v) is 4.59. The summed E-state index contributed by atoms with van der Waals surface area (Å²) in [5, 5.41) is 3.59. The Hall–Kier alpha value is -1.38. The maximum atomic E-state index is 12.7. The Morgan fingerprint density at radius 3 is 2.24 bits per heavy atom. The van der Waals surface area contributed by atoms with Gasteiger partial charge in [-0.15, -0.1) is 0 Å². The van der Waals surface area contributed by atoms with Crippen molar-refractivity contribution in [1.29, 1.82) is 0 Å². The Kier molecular flexibility index (Phi) is 8.56. The van der Waals surface area contributed by atoms with Crippen LogP contribution in [0.1, 0.15) is 25.7 Å². The average molecular weight is 408 g/mol. The summed E-state index contributed by atoms with van der Waals surface area (Å²) >= 11 is 0. The summed E-state index contributed by atoms with van der Waals surface area (Å²) in [6.07, 6.45) is 4.85. The van der Waals surface area contributed by atoms with Gasteiger partial charge in [-0.05, 0) is 26.9 Å². The van der Waals surface area contributed by atoms with Crippen LogP contribution in [0.2, 0.25) is 0 Å². The highest BCUT2D eigenvalue weighted by Crippen LogP contribution is 2.11. The molecule has 3 aliphatic rings. The Bertz CT molecular complexity index is 539. The molecule has 1 amide bonds. The summed E-state index contributed by atoms with van der Waals surface area (Å²) in [4.78, 5) is 28.7. The molecule has 1 N–H and O–H groups in total. The van der Waals surface area contributed by atoms with Crippen molar-refractivity contribution >= 4 is 11.9 Å². The van der Waals surface area contributed by atoms with E-state index in [-0.39, 0.29) is 0 Å². The number of amides is 1. The van der Waals surface area contributed by atoms with E-state index in [2.05, 4.69) is 48.9 Å². The summed E-state index contributed by atoms with van der Waals surface area (Å²) in [7, 11) is 6.28. The van der Waals surface area contributed by atoms with Crippen molar-refractivity contribution in [3.05, 3.63) is 0 Å². The van der Waals surface area contributed by atoms with Gasteiger partial charge >= 0.3 is 0 Å². The summed E-state index contributed by atoms with van der Waals surface area (Å²) < 4.78 is 0. The highest BCUT2D eigenvalue weighted by atomic mass is 16.2. The van der Waals surface area contributed by atoms with E-state index in [4.69, 9.17) is 0 Å². The van der Waals surface area contributed by atoms with Gasteiger partial charge in [0.2, 0.25) is 5.91 Å². The molecule has 8 nitrogen and oxygen atoms in total. The first-order chi connectivity index (χ1) is 14.1. The lowest BCUT2D eigenvalue weighted by Crippen LogP contribution is -2.58. The highest BCUT2D eigenvalue weighted by molar-refractivity contribution is 5.80. The fraction of sp³-hybridized carbons (Fsp3) is 0.905. The first-order valence-corrected chi connectivity index (χ1v) is 11.4. The number of hydrogen-bond donors (Lipinski definition) is 1. The molecule has 3 rings (SSSR count). The molecule has 0 bridgehead atoms. The zero-order valence-corrected chi connectivity index (χ0v) is 18.8. The third-order valence-electron chi connectivity index (χ3n) is 6.68. The molecule has 3 aliphatic heterocycles. The lowest BCUT2D eigenvalue weighted by molar-refractivity contribution is -0.132. The largest absolute Gasteiger partial charge is 0.355 e. The van der Waals surface area contributed by atoms with Gasteiger partial charge in [0.25, 0.3) is 0 Å². The Morgan fingerprint density at radius 2 is 1.59 bits per heavy atom. The Morgan fingerprint density at radius 1 is 0.897 bits per heavy atom. The second-order valence-electron chi connectivity index (χ2n) is 8.88. The quantitative estimate of drug-likeness (QED) is 0.516. The number of hydrogen-bond acceptors (Lipinski definition) is 5. The minimum absolute atomic E-state index is 0.312. The molecule has 8 heteroatoms. The van der Waals surface area contributed by atoms with Crippen LogP contribution in [-0.4, -0.2) is 136 Å². The molecule has 3 fully saturated rings. The monoisotopic (exact) mass is 407 g/mol. The molecule has 0 aliphatic carbocycles. The SMILES string of the molecule is CN=C(NCC1CN(C)CCN1C)N1CCN(CC(=O)N2CCCCCC2)CC1. The number of guanidine groups is 1. The third kappa shape index (κ3) is 6.55. The fourth-order valence-electron chi connectivity index (χ4n) is 4.59. The molecule has 0 spiro atoms. The highest BCUT2D eigenvalue weighted by Gasteiger charge is 2.26. The number of nitrogens with zero attached hydrogens (tertiary/aromatic N) is 6. The van der Waals surface area contributed by atoms with E-state index in [1.807, 2.05) is 7.05 Å². The Balaban J connectivity index is 1.40. The smallest absolute Gasteiger partial charge is 0.236 e. The summed E-state index contributed by atoms with van der Waals surface area (Å²) in [5.41, 5.74) is 0. The van der Waals surface area contributed by atoms with Gasteiger partial charge < -0.3 is 20.0 Å². The van der Waals surface area contributed by atoms with E-state index in [9.17, 15) is 4.79 Å². The molecular weight excluding hydrogens is 366 g/mol. The van der Waals surface area contributed by atoms with Crippen LogP contribution in [-0.2, 0) is 4.79 Å². The van der Waals surface area contributed by atoms with Crippen LogP contribution in [0.3, 0.4) is 0 Å². The maximum Gasteiger partial charge on any atom is 0.236 e. The van der Waals surface area contributed by atoms with E-state index < -0.39 is 0 Å². The topological polar surface area (TPSA) is 57.7 Å². The minimum atomic E-state index is 0.312. The summed E-state index contributed by atoms with van der Waals surface area (Å²) in [5.74, 6) is 1.30. The van der Waals surface area contributed by atoms with Gasteiger partial charge in [-0.25, -0.2) is 0 Å². The number of likely N-dealkylation sites (tertiary alicyclic amines) is 1. The predicted molar refractivity (Wildman–Crippen MR) is 118 cm³/mol. The minimum Gasteiger partial charge on any atom is -0.355 e. The third-order valence-corrected chi connectivity index (χ3v) is 6.68. The van der Waals surface area contributed by atoms with Crippen LogP contribution in [0.25, 0.3) is 0 Å².